The molecular formula is C22H24F2N6O3S. The number of anilines is 1. The summed E-state index contributed by atoms with van der Waals surface area (Å²) in [6.07, 6.45) is 6.90. The minimum absolute atomic E-state index is 0.0516. The second-order valence-corrected chi connectivity index (χ2v) is 8.33. The average Bonchev–Trinajstić information content (AvgIpc) is 3.43. The first-order valence-corrected chi connectivity index (χ1v) is 11.7. The minimum Gasteiger partial charge on any atom is -0.434 e. The summed E-state index contributed by atoms with van der Waals surface area (Å²) in [6, 6.07) is 6.55. The molecule has 2 atom stereocenters. The largest absolute Gasteiger partial charge is 0.434 e. The lowest BCUT2D eigenvalue weighted by Gasteiger charge is -2.15. The number of ether oxygens (including phenoxy) is 1. The molecule has 180 valence electrons. The van der Waals surface area contributed by atoms with Gasteiger partial charge in [-0.3, -0.25) is 4.68 Å². The third-order valence-corrected chi connectivity index (χ3v) is 5.91. The number of thioether (sulfide) groups is 1. The number of nitrogens with zero attached hydrogens (tertiary/aromatic N) is 5. The van der Waals surface area contributed by atoms with Crippen LogP contribution in [0.5, 0.6) is 5.75 Å². The first-order valence-electron chi connectivity index (χ1n) is 10.5. The second kappa shape index (κ2) is 10.4. The molecule has 0 amide bonds. The molecule has 0 saturated carbocycles. The van der Waals surface area contributed by atoms with Crippen molar-refractivity contribution < 1.29 is 23.7 Å². The van der Waals surface area contributed by atoms with Gasteiger partial charge < -0.3 is 20.3 Å². The zero-order valence-corrected chi connectivity index (χ0v) is 19.3. The van der Waals surface area contributed by atoms with E-state index >= 15 is 0 Å². The fourth-order valence-electron chi connectivity index (χ4n) is 3.45. The molecule has 0 radical (unpaired) electrons. The van der Waals surface area contributed by atoms with Crippen LogP contribution < -0.4 is 10.1 Å². The highest BCUT2D eigenvalue weighted by molar-refractivity contribution is 7.98. The van der Waals surface area contributed by atoms with Gasteiger partial charge in [0.1, 0.15) is 11.4 Å². The van der Waals surface area contributed by atoms with Crippen molar-refractivity contribution in [3.8, 4) is 17.0 Å². The Hall–Kier alpha value is -3.22. The maximum atomic E-state index is 13.1. The molecule has 12 heteroatoms. The lowest BCUT2D eigenvalue weighted by molar-refractivity contribution is -0.0494. The predicted octanol–water partition coefficient (Wildman–Crippen LogP) is 3.79. The van der Waals surface area contributed by atoms with E-state index in [1.807, 2.05) is 13.2 Å². The standard InChI is InChI=1S/C22H24F2N6O3S/c1-3-13(31)11-29-12-17(27-21(32)16-10-26-30-8-4-7-25-20(16)30)19(28-29)15-9-14(34-2)5-6-18(15)33-22(23)24/h4-10,12-13,21-22,27,31-32H,3,11H2,1-2H3/t13-,21?/m0/s1. The van der Waals surface area contributed by atoms with Gasteiger partial charge in [-0.2, -0.15) is 19.0 Å². The van der Waals surface area contributed by atoms with Crippen molar-refractivity contribution in [1.29, 1.82) is 0 Å². The molecule has 1 unspecified atom stereocenters. The van der Waals surface area contributed by atoms with Gasteiger partial charge in [-0.05, 0) is 36.9 Å². The molecule has 0 spiro atoms. The van der Waals surface area contributed by atoms with Crippen LogP contribution in [0, 0.1) is 0 Å². The Balaban J connectivity index is 1.77. The van der Waals surface area contributed by atoms with Crippen molar-refractivity contribution in [1.82, 2.24) is 24.4 Å². The molecule has 0 aliphatic rings. The van der Waals surface area contributed by atoms with Gasteiger partial charge in [-0.25, -0.2) is 9.50 Å². The van der Waals surface area contributed by atoms with Crippen LogP contribution in [0.15, 0.2) is 53.9 Å². The smallest absolute Gasteiger partial charge is 0.387 e. The Kier molecular flexibility index (Phi) is 7.29. The van der Waals surface area contributed by atoms with E-state index in [9.17, 15) is 19.0 Å². The summed E-state index contributed by atoms with van der Waals surface area (Å²) in [4.78, 5) is 5.07. The maximum absolute atomic E-state index is 13.1. The number of alkyl halides is 2. The van der Waals surface area contributed by atoms with E-state index in [4.69, 9.17) is 4.74 Å². The van der Waals surface area contributed by atoms with Crippen molar-refractivity contribution in [2.45, 2.75) is 43.7 Å². The van der Waals surface area contributed by atoms with E-state index in [-0.39, 0.29) is 12.3 Å². The minimum atomic E-state index is -3.02. The number of aliphatic hydroxyl groups is 2. The van der Waals surface area contributed by atoms with Crippen LogP contribution in [0.1, 0.15) is 25.1 Å². The summed E-state index contributed by atoms with van der Waals surface area (Å²) >= 11 is 1.44. The predicted molar refractivity (Wildman–Crippen MR) is 124 cm³/mol. The topological polar surface area (TPSA) is 110 Å². The van der Waals surface area contributed by atoms with Crippen LogP contribution in [0.25, 0.3) is 16.9 Å². The van der Waals surface area contributed by atoms with Gasteiger partial charge in [0, 0.05) is 29.0 Å². The summed E-state index contributed by atoms with van der Waals surface area (Å²) in [5, 5.41) is 32.7. The summed E-state index contributed by atoms with van der Waals surface area (Å²) in [6.45, 7) is -0.991. The molecule has 4 aromatic rings. The van der Waals surface area contributed by atoms with Gasteiger partial charge in [0.2, 0.25) is 0 Å². The highest BCUT2D eigenvalue weighted by atomic mass is 32.2. The quantitative estimate of drug-likeness (QED) is 0.228. The van der Waals surface area contributed by atoms with Crippen LogP contribution in [-0.4, -0.2) is 53.6 Å². The molecule has 0 aliphatic heterocycles. The summed E-state index contributed by atoms with van der Waals surface area (Å²) in [5.41, 5.74) is 1.87. The normalized spacial score (nSPS) is 13.4. The molecule has 3 aromatic heterocycles. The number of aliphatic hydroxyl groups excluding tert-OH is 2. The molecule has 0 fully saturated rings. The number of aromatic nitrogens is 5. The lowest BCUT2D eigenvalue weighted by atomic mass is 10.1. The highest BCUT2D eigenvalue weighted by Crippen LogP contribution is 2.38. The van der Waals surface area contributed by atoms with Gasteiger partial charge in [-0.1, -0.05) is 6.92 Å². The molecule has 0 bridgehead atoms. The third-order valence-electron chi connectivity index (χ3n) is 5.18. The zero-order valence-electron chi connectivity index (χ0n) is 18.5. The van der Waals surface area contributed by atoms with E-state index in [2.05, 4.69) is 20.5 Å². The van der Waals surface area contributed by atoms with E-state index in [0.717, 1.165) is 4.90 Å². The monoisotopic (exact) mass is 490 g/mol. The maximum Gasteiger partial charge on any atom is 0.387 e. The summed E-state index contributed by atoms with van der Waals surface area (Å²) in [5.74, 6) is -0.0516. The fourth-order valence-corrected chi connectivity index (χ4v) is 3.89. The van der Waals surface area contributed by atoms with Crippen molar-refractivity contribution in [2.75, 3.05) is 11.6 Å². The first-order chi connectivity index (χ1) is 16.4. The molecule has 34 heavy (non-hydrogen) atoms. The molecule has 4 rings (SSSR count). The SMILES string of the molecule is CC[C@H](O)Cn1cc(NC(O)c2cnn3cccnc23)c(-c2cc(SC)ccc2OC(F)F)n1. The van der Waals surface area contributed by atoms with E-state index in [1.54, 1.807) is 36.8 Å². The van der Waals surface area contributed by atoms with E-state index < -0.39 is 18.9 Å². The van der Waals surface area contributed by atoms with Crippen molar-refractivity contribution in [3.63, 3.8) is 0 Å². The number of benzene rings is 1. The Morgan fingerprint density at radius 3 is 2.82 bits per heavy atom. The van der Waals surface area contributed by atoms with Gasteiger partial charge in [0.25, 0.3) is 0 Å². The zero-order chi connectivity index (χ0) is 24.2. The summed E-state index contributed by atoms with van der Waals surface area (Å²) < 4.78 is 34.0. The van der Waals surface area contributed by atoms with E-state index in [0.29, 0.717) is 34.6 Å². The lowest BCUT2D eigenvalue weighted by Crippen LogP contribution is -2.15. The number of rotatable bonds is 10. The fraction of sp³-hybridized carbons (Fsp3) is 0.318. The van der Waals surface area contributed by atoms with Crippen LogP contribution in [0.3, 0.4) is 0 Å². The van der Waals surface area contributed by atoms with Crippen molar-refractivity contribution in [3.05, 3.63) is 54.6 Å². The van der Waals surface area contributed by atoms with Gasteiger partial charge >= 0.3 is 6.61 Å². The molecule has 0 saturated heterocycles. The van der Waals surface area contributed by atoms with E-state index in [1.165, 1.54) is 33.2 Å². The summed E-state index contributed by atoms with van der Waals surface area (Å²) in [7, 11) is 0. The molecule has 3 N–H and O–H groups in total. The second-order valence-electron chi connectivity index (χ2n) is 7.45. The third kappa shape index (κ3) is 5.13. The Morgan fingerprint density at radius 1 is 1.26 bits per heavy atom. The number of hydrogen-bond donors (Lipinski definition) is 3. The van der Waals surface area contributed by atoms with Crippen LogP contribution in [0.4, 0.5) is 14.5 Å². The van der Waals surface area contributed by atoms with Crippen molar-refractivity contribution in [2.24, 2.45) is 0 Å². The van der Waals surface area contributed by atoms with Gasteiger partial charge in [0.15, 0.2) is 11.9 Å². The Labute approximate surface area is 198 Å². The molecule has 3 heterocycles. The van der Waals surface area contributed by atoms with Gasteiger partial charge in [-0.15, -0.1) is 11.8 Å². The number of fused-ring (bicyclic) bond motifs is 1. The molecule has 9 nitrogen and oxygen atoms in total. The molecule has 0 aliphatic carbocycles. The van der Waals surface area contributed by atoms with Gasteiger partial charge in [0.05, 0.1) is 30.1 Å². The number of nitrogens with one attached hydrogen (secondary N) is 1. The number of halogens is 2. The van der Waals surface area contributed by atoms with Crippen LogP contribution >= 0.6 is 11.8 Å². The first kappa shape index (κ1) is 23.9. The average molecular weight is 491 g/mol. The number of hydrogen-bond acceptors (Lipinski definition) is 8. The highest BCUT2D eigenvalue weighted by Gasteiger charge is 2.22. The molecule has 1 aromatic carbocycles. The Bertz CT molecular complexity index is 1260. The van der Waals surface area contributed by atoms with Crippen LogP contribution in [-0.2, 0) is 6.54 Å². The Morgan fingerprint density at radius 2 is 2.09 bits per heavy atom. The van der Waals surface area contributed by atoms with Crippen LogP contribution in [0.2, 0.25) is 0 Å². The molecular weight excluding hydrogens is 466 g/mol. The van der Waals surface area contributed by atoms with Crippen molar-refractivity contribution >= 4 is 23.1 Å².